The molecule has 0 aliphatic heterocycles. The number of carbonyl (C=O) groups excluding carboxylic acids is 1. The highest BCUT2D eigenvalue weighted by Gasteiger charge is 2.23. The van der Waals surface area contributed by atoms with Crippen molar-refractivity contribution in [2.45, 2.75) is 13.5 Å². The lowest BCUT2D eigenvalue weighted by Gasteiger charge is -2.07. The minimum atomic E-state index is -1.53. The molecule has 0 aliphatic carbocycles. The summed E-state index contributed by atoms with van der Waals surface area (Å²) in [4.78, 5) is 21.2. The van der Waals surface area contributed by atoms with Crippen LogP contribution in [0.5, 0.6) is 0 Å². The van der Waals surface area contributed by atoms with E-state index in [0.29, 0.717) is 6.07 Å². The van der Waals surface area contributed by atoms with E-state index < -0.39 is 41.1 Å². The van der Waals surface area contributed by atoms with Crippen molar-refractivity contribution in [2.75, 3.05) is 6.61 Å². The van der Waals surface area contributed by atoms with Crippen LogP contribution in [-0.4, -0.2) is 12.6 Å². The lowest BCUT2D eigenvalue weighted by Crippen LogP contribution is -2.11. The van der Waals surface area contributed by atoms with Crippen LogP contribution in [0.2, 0.25) is 0 Å². The van der Waals surface area contributed by atoms with Gasteiger partial charge >= 0.3 is 5.97 Å². The Hall–Kier alpha value is -1.92. The Morgan fingerprint density at radius 2 is 2.00 bits per heavy atom. The molecular weight excluding hydrogens is 239 g/mol. The van der Waals surface area contributed by atoms with Crippen LogP contribution in [0.3, 0.4) is 0 Å². The molecule has 0 fully saturated rings. The predicted molar refractivity (Wildman–Crippen MR) is 51.8 cm³/mol. The summed E-state index contributed by atoms with van der Waals surface area (Å²) in [5.74, 6) is -5.43. The molecule has 92 valence electrons. The predicted octanol–water partition coefficient (Wildman–Crippen LogP) is 2.55. The van der Waals surface area contributed by atoms with Crippen molar-refractivity contribution in [2.24, 2.45) is 5.18 Å². The third-order valence-corrected chi connectivity index (χ3v) is 1.97. The van der Waals surface area contributed by atoms with Gasteiger partial charge in [0.1, 0.15) is 12.4 Å². The number of hydrogen-bond donors (Lipinski definition) is 0. The van der Waals surface area contributed by atoms with Crippen LogP contribution in [0.4, 0.5) is 13.2 Å². The number of hydrogen-bond acceptors (Lipinski definition) is 4. The van der Waals surface area contributed by atoms with Gasteiger partial charge in [-0.3, -0.25) is 0 Å². The first-order valence-corrected chi connectivity index (χ1v) is 4.65. The zero-order chi connectivity index (χ0) is 13.0. The molecule has 4 nitrogen and oxygen atoms in total. The number of halogens is 3. The summed E-state index contributed by atoms with van der Waals surface area (Å²) in [5, 5.41) is 2.27. The van der Waals surface area contributed by atoms with Crippen LogP contribution < -0.4 is 0 Å². The molecule has 0 spiro atoms. The maximum absolute atomic E-state index is 13.6. The lowest BCUT2D eigenvalue weighted by atomic mass is 10.1. The van der Waals surface area contributed by atoms with Crippen LogP contribution >= 0.6 is 0 Å². The maximum Gasteiger partial charge on any atom is 0.341 e. The van der Waals surface area contributed by atoms with Gasteiger partial charge in [-0.1, -0.05) is 5.18 Å². The van der Waals surface area contributed by atoms with E-state index in [1.165, 1.54) is 6.92 Å². The average Bonchev–Trinajstić information content (AvgIpc) is 2.29. The van der Waals surface area contributed by atoms with Crippen molar-refractivity contribution in [3.8, 4) is 0 Å². The first-order chi connectivity index (χ1) is 8.02. The highest BCUT2D eigenvalue weighted by Crippen LogP contribution is 2.21. The maximum atomic E-state index is 13.6. The van der Waals surface area contributed by atoms with Gasteiger partial charge in [-0.15, -0.1) is 0 Å². The van der Waals surface area contributed by atoms with Crippen molar-refractivity contribution in [3.63, 3.8) is 0 Å². The summed E-state index contributed by atoms with van der Waals surface area (Å²) in [6.45, 7) is 0.532. The molecule has 0 aromatic heterocycles. The van der Waals surface area contributed by atoms with Crippen LogP contribution in [0.25, 0.3) is 0 Å². The molecule has 1 aromatic rings. The van der Waals surface area contributed by atoms with Gasteiger partial charge in [-0.05, 0) is 13.0 Å². The Morgan fingerprint density at radius 3 is 2.53 bits per heavy atom. The van der Waals surface area contributed by atoms with Gasteiger partial charge < -0.3 is 4.74 Å². The summed E-state index contributed by atoms with van der Waals surface area (Å²) in [6, 6.07) is 0.386. The smallest absolute Gasteiger partial charge is 0.341 e. The summed E-state index contributed by atoms with van der Waals surface area (Å²) in [5.41, 5.74) is -1.65. The second-order valence-corrected chi connectivity index (χ2v) is 3.02. The molecule has 0 amide bonds. The molecule has 0 atom stereocenters. The molecule has 0 unspecified atom stereocenters. The quantitative estimate of drug-likeness (QED) is 0.466. The Kier molecular flexibility index (Phi) is 4.19. The van der Waals surface area contributed by atoms with Crippen LogP contribution in [-0.2, 0) is 11.3 Å². The molecule has 0 bridgehead atoms. The molecule has 0 saturated heterocycles. The van der Waals surface area contributed by atoms with E-state index in [-0.39, 0.29) is 6.61 Å². The lowest BCUT2D eigenvalue weighted by molar-refractivity contribution is 0.0520. The van der Waals surface area contributed by atoms with Crippen molar-refractivity contribution in [1.29, 1.82) is 0 Å². The summed E-state index contributed by atoms with van der Waals surface area (Å²) < 4.78 is 44.2. The molecular formula is C10H8F3NO3. The first-order valence-electron chi connectivity index (χ1n) is 4.65. The Labute approximate surface area is 94.4 Å². The minimum Gasteiger partial charge on any atom is -0.462 e. The number of rotatable bonds is 4. The summed E-state index contributed by atoms with van der Waals surface area (Å²) >= 11 is 0. The SMILES string of the molecule is CCOC(=O)c1cc(F)c(F)c(CN=O)c1F. The molecule has 0 heterocycles. The highest BCUT2D eigenvalue weighted by molar-refractivity contribution is 5.90. The summed E-state index contributed by atoms with van der Waals surface area (Å²) in [6.07, 6.45) is 0. The second kappa shape index (κ2) is 5.42. The van der Waals surface area contributed by atoms with E-state index in [2.05, 4.69) is 9.91 Å². The van der Waals surface area contributed by atoms with Crippen molar-refractivity contribution >= 4 is 5.97 Å². The van der Waals surface area contributed by atoms with Crippen LogP contribution in [0.15, 0.2) is 11.2 Å². The largest absolute Gasteiger partial charge is 0.462 e. The molecule has 0 aliphatic rings. The van der Waals surface area contributed by atoms with E-state index in [1.54, 1.807) is 0 Å². The van der Waals surface area contributed by atoms with Crippen LogP contribution in [0.1, 0.15) is 22.8 Å². The topological polar surface area (TPSA) is 55.7 Å². The fraction of sp³-hybridized carbons (Fsp3) is 0.300. The third-order valence-electron chi connectivity index (χ3n) is 1.97. The Balaban J connectivity index is 3.33. The number of nitroso groups, excluding NO2 is 1. The Morgan fingerprint density at radius 1 is 1.35 bits per heavy atom. The van der Waals surface area contributed by atoms with Gasteiger partial charge in [0.05, 0.1) is 17.7 Å². The average molecular weight is 247 g/mol. The van der Waals surface area contributed by atoms with Crippen molar-refractivity contribution < 1.29 is 22.7 Å². The van der Waals surface area contributed by atoms with E-state index >= 15 is 0 Å². The summed E-state index contributed by atoms with van der Waals surface area (Å²) in [7, 11) is 0. The molecule has 1 rings (SSSR count). The number of ether oxygens (including phenoxy) is 1. The van der Waals surface area contributed by atoms with Crippen molar-refractivity contribution in [1.82, 2.24) is 0 Å². The molecule has 0 radical (unpaired) electrons. The second-order valence-electron chi connectivity index (χ2n) is 3.02. The number of esters is 1. The number of benzene rings is 1. The monoisotopic (exact) mass is 247 g/mol. The molecule has 17 heavy (non-hydrogen) atoms. The van der Waals surface area contributed by atoms with Gasteiger partial charge in [-0.2, -0.15) is 4.91 Å². The van der Waals surface area contributed by atoms with Crippen LogP contribution in [0, 0.1) is 22.4 Å². The van der Waals surface area contributed by atoms with Crippen molar-refractivity contribution in [3.05, 3.63) is 39.6 Å². The fourth-order valence-corrected chi connectivity index (χ4v) is 1.22. The van der Waals surface area contributed by atoms with Gasteiger partial charge in [-0.25, -0.2) is 18.0 Å². The standard InChI is InChI=1S/C10H8F3NO3/c1-2-17-10(15)5-3-7(11)9(13)6(4-14-16)8(5)12/h3H,2,4H2,1H3. The zero-order valence-electron chi connectivity index (χ0n) is 8.80. The minimum absolute atomic E-state index is 0.0431. The third kappa shape index (κ3) is 2.61. The van der Waals surface area contributed by atoms with Gasteiger partial charge in [0.2, 0.25) is 0 Å². The molecule has 1 aromatic carbocycles. The van der Waals surface area contributed by atoms with E-state index in [1.807, 2.05) is 0 Å². The number of nitrogens with zero attached hydrogens (tertiary/aromatic N) is 1. The van der Waals surface area contributed by atoms with Gasteiger partial charge in [0, 0.05) is 0 Å². The fourth-order valence-electron chi connectivity index (χ4n) is 1.22. The van der Waals surface area contributed by atoms with E-state index in [0.717, 1.165) is 0 Å². The zero-order valence-corrected chi connectivity index (χ0v) is 8.80. The van der Waals surface area contributed by atoms with Gasteiger partial charge in [0.15, 0.2) is 11.6 Å². The van der Waals surface area contributed by atoms with Gasteiger partial charge in [0.25, 0.3) is 0 Å². The Bertz CT molecular complexity index is 463. The first kappa shape index (κ1) is 13.1. The number of carbonyl (C=O) groups is 1. The normalized spacial score (nSPS) is 10.1. The van der Waals surface area contributed by atoms with E-state index in [4.69, 9.17) is 0 Å². The van der Waals surface area contributed by atoms with E-state index in [9.17, 15) is 22.9 Å². The molecule has 0 saturated carbocycles. The molecule has 7 heteroatoms. The highest BCUT2D eigenvalue weighted by atomic mass is 19.2. The molecule has 0 N–H and O–H groups in total.